The van der Waals surface area contributed by atoms with Gasteiger partial charge in [-0.3, -0.25) is 19.6 Å². The summed E-state index contributed by atoms with van der Waals surface area (Å²) < 4.78 is 2.36. The maximum atomic E-state index is 11.6. The molecule has 0 saturated heterocycles. The van der Waals surface area contributed by atoms with Gasteiger partial charge in [-0.25, -0.2) is 0 Å². The quantitative estimate of drug-likeness (QED) is 0.460. The average molecular weight is 430 g/mol. The van der Waals surface area contributed by atoms with Crippen molar-refractivity contribution in [3.8, 4) is 11.1 Å². The molecular formula is C18H16BrN5O3. The lowest BCUT2D eigenvalue weighted by Crippen LogP contribution is -2.06. The third-order valence-corrected chi connectivity index (χ3v) is 4.19. The van der Waals surface area contributed by atoms with Crippen LogP contribution in [-0.4, -0.2) is 20.6 Å². The summed E-state index contributed by atoms with van der Waals surface area (Å²) in [5, 5.41) is 21.4. The first-order chi connectivity index (χ1) is 12.8. The normalized spacial score (nSPS) is 10.5. The van der Waals surface area contributed by atoms with Gasteiger partial charge in [0.1, 0.15) is 5.69 Å². The molecule has 3 aromatic rings. The summed E-state index contributed by atoms with van der Waals surface area (Å²) in [5.74, 6) is -0.203. The van der Waals surface area contributed by atoms with Crippen molar-refractivity contribution < 1.29 is 9.72 Å². The number of nitro benzene ring substituents is 1. The van der Waals surface area contributed by atoms with Crippen molar-refractivity contribution in [1.82, 2.24) is 9.78 Å². The van der Waals surface area contributed by atoms with Crippen molar-refractivity contribution in [2.45, 2.75) is 6.92 Å². The number of amides is 1. The van der Waals surface area contributed by atoms with Crippen LogP contribution in [0, 0.1) is 10.1 Å². The number of aromatic nitrogens is 2. The fraction of sp³-hybridized carbons (Fsp3) is 0.111. The lowest BCUT2D eigenvalue weighted by molar-refractivity contribution is -0.383. The van der Waals surface area contributed by atoms with E-state index in [1.807, 2.05) is 0 Å². The number of nitrogens with zero attached hydrogens (tertiary/aromatic N) is 3. The fourth-order valence-electron chi connectivity index (χ4n) is 2.63. The van der Waals surface area contributed by atoms with Crippen molar-refractivity contribution >= 4 is 44.6 Å². The Morgan fingerprint density at radius 2 is 1.93 bits per heavy atom. The Kier molecular flexibility index (Phi) is 5.22. The summed E-state index contributed by atoms with van der Waals surface area (Å²) in [5.41, 5.74) is 2.97. The monoisotopic (exact) mass is 429 g/mol. The second kappa shape index (κ2) is 7.58. The van der Waals surface area contributed by atoms with E-state index in [4.69, 9.17) is 0 Å². The molecule has 0 aliphatic heterocycles. The van der Waals surface area contributed by atoms with Gasteiger partial charge in [-0.05, 0) is 29.8 Å². The van der Waals surface area contributed by atoms with Gasteiger partial charge in [-0.15, -0.1) is 0 Å². The average Bonchev–Trinajstić information content (AvgIpc) is 3.00. The number of nitrogens with one attached hydrogen (secondary N) is 2. The van der Waals surface area contributed by atoms with E-state index in [1.54, 1.807) is 54.5 Å². The van der Waals surface area contributed by atoms with Crippen LogP contribution in [0.3, 0.4) is 0 Å². The molecule has 1 aromatic heterocycles. The number of carbonyl (C=O) groups is 1. The number of benzene rings is 2. The standard InChI is InChI=1S/C18H16BrN5O3/c1-11(25)21-15-6-14(19)7-16(8-15)22-17-4-3-12(5-18(17)24(26)27)13-9-20-23(2)10-13/h3-10,22H,1-2H3,(H,21,25). The van der Waals surface area contributed by atoms with E-state index < -0.39 is 4.92 Å². The largest absolute Gasteiger partial charge is 0.350 e. The topological polar surface area (TPSA) is 102 Å². The molecule has 0 bridgehead atoms. The van der Waals surface area contributed by atoms with Gasteiger partial charge in [0.2, 0.25) is 5.91 Å². The van der Waals surface area contributed by atoms with Crippen LogP contribution >= 0.6 is 15.9 Å². The van der Waals surface area contributed by atoms with Crippen LogP contribution in [0.5, 0.6) is 0 Å². The van der Waals surface area contributed by atoms with Crippen molar-refractivity contribution in [2.75, 3.05) is 10.6 Å². The molecule has 0 unspecified atom stereocenters. The van der Waals surface area contributed by atoms with E-state index in [9.17, 15) is 14.9 Å². The Hall–Kier alpha value is -3.20. The summed E-state index contributed by atoms with van der Waals surface area (Å²) in [7, 11) is 1.79. The number of halogens is 1. The van der Waals surface area contributed by atoms with Crippen molar-refractivity contribution in [3.63, 3.8) is 0 Å². The maximum absolute atomic E-state index is 11.6. The van der Waals surface area contributed by atoms with Gasteiger partial charge in [-0.1, -0.05) is 22.0 Å². The van der Waals surface area contributed by atoms with Crippen molar-refractivity contribution in [1.29, 1.82) is 0 Å². The van der Waals surface area contributed by atoms with E-state index in [0.29, 0.717) is 22.6 Å². The zero-order chi connectivity index (χ0) is 19.6. The molecule has 8 nitrogen and oxygen atoms in total. The molecule has 0 aliphatic rings. The summed E-state index contributed by atoms with van der Waals surface area (Å²) in [6.45, 7) is 1.41. The van der Waals surface area contributed by atoms with Gasteiger partial charge < -0.3 is 10.6 Å². The number of carbonyl (C=O) groups excluding carboxylic acids is 1. The zero-order valence-corrected chi connectivity index (χ0v) is 16.1. The molecule has 3 rings (SSSR count). The number of anilines is 3. The molecular weight excluding hydrogens is 414 g/mol. The minimum atomic E-state index is -0.436. The number of nitro groups is 1. The van der Waals surface area contributed by atoms with Gasteiger partial charge in [0.15, 0.2) is 0 Å². The molecule has 0 saturated carbocycles. The van der Waals surface area contributed by atoms with Crippen LogP contribution < -0.4 is 10.6 Å². The van der Waals surface area contributed by atoms with Gasteiger partial charge in [0.25, 0.3) is 5.69 Å². The Labute approximate surface area is 163 Å². The molecule has 2 aromatic carbocycles. The number of rotatable bonds is 5. The third-order valence-electron chi connectivity index (χ3n) is 3.73. The van der Waals surface area contributed by atoms with E-state index in [-0.39, 0.29) is 11.6 Å². The van der Waals surface area contributed by atoms with E-state index in [0.717, 1.165) is 10.0 Å². The Bertz CT molecular complexity index is 1030. The molecule has 1 heterocycles. The highest BCUT2D eigenvalue weighted by atomic mass is 79.9. The molecule has 2 N–H and O–H groups in total. The predicted molar refractivity (Wildman–Crippen MR) is 107 cm³/mol. The Morgan fingerprint density at radius 3 is 2.56 bits per heavy atom. The zero-order valence-electron chi connectivity index (χ0n) is 14.6. The SMILES string of the molecule is CC(=O)Nc1cc(Br)cc(Nc2ccc(-c3cnn(C)c3)cc2[N+](=O)[O-])c1. The maximum Gasteiger partial charge on any atom is 0.293 e. The number of hydrogen-bond donors (Lipinski definition) is 2. The molecule has 0 fully saturated rings. The lowest BCUT2D eigenvalue weighted by atomic mass is 10.1. The van der Waals surface area contributed by atoms with Crippen molar-refractivity contribution in [2.24, 2.45) is 7.05 Å². The van der Waals surface area contributed by atoms with Crippen LogP contribution in [0.2, 0.25) is 0 Å². The highest BCUT2D eigenvalue weighted by Gasteiger charge is 2.16. The Morgan fingerprint density at radius 1 is 1.19 bits per heavy atom. The van der Waals surface area contributed by atoms with Crippen LogP contribution in [-0.2, 0) is 11.8 Å². The molecule has 9 heteroatoms. The molecule has 1 amide bonds. The van der Waals surface area contributed by atoms with Crippen molar-refractivity contribution in [3.05, 3.63) is 63.4 Å². The first-order valence-corrected chi connectivity index (χ1v) is 8.74. The minimum absolute atomic E-state index is 0.0580. The lowest BCUT2D eigenvalue weighted by Gasteiger charge is -2.11. The molecule has 0 aliphatic carbocycles. The fourth-order valence-corrected chi connectivity index (χ4v) is 3.12. The second-order valence-corrected chi connectivity index (χ2v) is 6.84. The Balaban J connectivity index is 1.96. The minimum Gasteiger partial charge on any atom is -0.350 e. The highest BCUT2D eigenvalue weighted by Crippen LogP contribution is 2.34. The van der Waals surface area contributed by atoms with Crippen LogP contribution in [0.25, 0.3) is 11.1 Å². The van der Waals surface area contributed by atoms with Gasteiger partial charge in [-0.2, -0.15) is 5.10 Å². The van der Waals surface area contributed by atoms with E-state index in [2.05, 4.69) is 31.7 Å². The summed E-state index contributed by atoms with van der Waals surface area (Å²) in [4.78, 5) is 22.4. The van der Waals surface area contributed by atoms with Gasteiger partial charge in [0.05, 0.1) is 11.1 Å². The van der Waals surface area contributed by atoms with Crippen LogP contribution in [0.15, 0.2) is 53.3 Å². The molecule has 0 spiro atoms. The first-order valence-electron chi connectivity index (χ1n) is 7.94. The van der Waals surface area contributed by atoms with E-state index in [1.165, 1.54) is 13.0 Å². The summed E-state index contributed by atoms with van der Waals surface area (Å²) >= 11 is 3.37. The second-order valence-electron chi connectivity index (χ2n) is 5.93. The molecule has 138 valence electrons. The van der Waals surface area contributed by atoms with Gasteiger partial charge >= 0.3 is 0 Å². The number of hydrogen-bond acceptors (Lipinski definition) is 5. The van der Waals surface area contributed by atoms with Crippen LogP contribution in [0.1, 0.15) is 6.92 Å². The number of aryl methyl sites for hydroxylation is 1. The molecule has 27 heavy (non-hydrogen) atoms. The summed E-state index contributed by atoms with van der Waals surface area (Å²) in [6.07, 6.45) is 3.44. The molecule has 0 radical (unpaired) electrons. The highest BCUT2D eigenvalue weighted by molar-refractivity contribution is 9.10. The first kappa shape index (κ1) is 18.6. The van der Waals surface area contributed by atoms with Crippen LogP contribution in [0.4, 0.5) is 22.7 Å². The van der Waals surface area contributed by atoms with E-state index >= 15 is 0 Å². The third kappa shape index (κ3) is 4.50. The van der Waals surface area contributed by atoms with Gasteiger partial charge in [0, 0.05) is 47.6 Å². The smallest absolute Gasteiger partial charge is 0.293 e. The summed E-state index contributed by atoms with van der Waals surface area (Å²) in [6, 6.07) is 10.2. The predicted octanol–water partition coefficient (Wildman–Crippen LogP) is 4.46. The molecule has 0 atom stereocenters.